The van der Waals surface area contributed by atoms with Crippen molar-refractivity contribution in [2.24, 2.45) is 5.73 Å². The van der Waals surface area contributed by atoms with E-state index in [1.165, 1.54) is 0 Å². The van der Waals surface area contributed by atoms with E-state index in [0.717, 1.165) is 0 Å². The second kappa shape index (κ2) is 4.90. The highest BCUT2D eigenvalue weighted by atomic mass is 16.6. The first kappa shape index (κ1) is 14.0. The molecule has 2 aliphatic rings. The predicted octanol–water partition coefficient (Wildman–Crippen LogP) is -3.09. The summed E-state index contributed by atoms with van der Waals surface area (Å²) in [5.74, 6) is 0. The minimum atomic E-state index is -1.81. The zero-order valence-electron chi connectivity index (χ0n) is 9.79. The van der Waals surface area contributed by atoms with Crippen LogP contribution in [0.3, 0.4) is 0 Å². The predicted molar refractivity (Wildman–Crippen MR) is 57.0 cm³/mol. The number of primary amides is 1. The van der Waals surface area contributed by atoms with E-state index < -0.39 is 49.6 Å². The van der Waals surface area contributed by atoms with Crippen LogP contribution in [0.4, 0.5) is 9.59 Å². The van der Waals surface area contributed by atoms with Gasteiger partial charge < -0.3 is 30.9 Å². The molecule has 6 N–H and O–H groups in total. The number of urea groups is 2. The summed E-state index contributed by atoms with van der Waals surface area (Å²) in [5.41, 5.74) is 4.92. The zero-order chi connectivity index (χ0) is 14.3. The van der Waals surface area contributed by atoms with Crippen LogP contribution in [-0.2, 0) is 4.74 Å². The van der Waals surface area contributed by atoms with Crippen molar-refractivity contribution in [2.75, 3.05) is 6.61 Å². The van der Waals surface area contributed by atoms with Crippen molar-refractivity contribution in [3.63, 3.8) is 0 Å². The fraction of sp³-hybridized carbons (Fsp3) is 0.778. The van der Waals surface area contributed by atoms with Crippen molar-refractivity contribution in [1.29, 1.82) is 0 Å². The highest BCUT2D eigenvalue weighted by Crippen LogP contribution is 2.30. The summed E-state index contributed by atoms with van der Waals surface area (Å²) in [6, 6.07) is -2.24. The summed E-state index contributed by atoms with van der Waals surface area (Å²) in [4.78, 5) is 23.9. The van der Waals surface area contributed by atoms with Gasteiger partial charge in [-0.3, -0.25) is 4.90 Å². The molecule has 0 bridgehead atoms. The average Bonchev–Trinajstić information content (AvgIpc) is 2.79. The van der Waals surface area contributed by atoms with Crippen LogP contribution in [0.2, 0.25) is 0 Å². The van der Waals surface area contributed by atoms with E-state index in [9.17, 15) is 24.9 Å². The number of hydrogen-bond donors (Lipinski definition) is 5. The molecular weight excluding hydrogens is 262 g/mol. The first-order valence-corrected chi connectivity index (χ1v) is 5.60. The zero-order valence-corrected chi connectivity index (χ0v) is 9.79. The fourth-order valence-electron chi connectivity index (χ4n) is 2.20. The molecule has 0 saturated carbocycles. The number of aliphatic hydroxyl groups excluding tert-OH is 4. The van der Waals surface area contributed by atoms with E-state index >= 15 is 0 Å². The van der Waals surface area contributed by atoms with E-state index in [1.807, 2.05) is 0 Å². The Balaban J connectivity index is 2.17. The molecule has 2 fully saturated rings. The van der Waals surface area contributed by atoms with Crippen LogP contribution in [0, 0.1) is 0 Å². The van der Waals surface area contributed by atoms with E-state index in [4.69, 9.17) is 15.6 Å². The summed E-state index contributed by atoms with van der Waals surface area (Å²) >= 11 is 0. The van der Waals surface area contributed by atoms with Gasteiger partial charge in [-0.2, -0.15) is 0 Å². The largest absolute Gasteiger partial charge is 0.394 e. The van der Waals surface area contributed by atoms with E-state index in [0.29, 0.717) is 4.90 Å². The van der Waals surface area contributed by atoms with Crippen molar-refractivity contribution in [2.45, 2.75) is 37.3 Å². The molecule has 0 spiro atoms. The normalized spacial score (nSPS) is 39.2. The molecule has 0 radical (unpaired) electrons. The second-order valence-electron chi connectivity index (χ2n) is 4.34. The first-order chi connectivity index (χ1) is 8.88. The molecule has 0 aromatic carbocycles. The number of nitrogens with zero attached hydrogens (tertiary/aromatic N) is 2. The lowest BCUT2D eigenvalue weighted by Gasteiger charge is -2.25. The van der Waals surface area contributed by atoms with Crippen molar-refractivity contribution in [1.82, 2.24) is 9.80 Å². The van der Waals surface area contributed by atoms with Crippen LogP contribution in [0.1, 0.15) is 6.42 Å². The Bertz CT molecular complexity index is 392. The highest BCUT2D eigenvalue weighted by Gasteiger charge is 2.52. The number of amides is 4. The number of hydrogen-bond acceptors (Lipinski definition) is 7. The molecule has 4 amide bonds. The number of imide groups is 1. The van der Waals surface area contributed by atoms with Crippen molar-refractivity contribution < 1.29 is 34.8 Å². The van der Waals surface area contributed by atoms with Crippen LogP contribution < -0.4 is 5.73 Å². The van der Waals surface area contributed by atoms with Crippen LogP contribution in [0.5, 0.6) is 0 Å². The van der Waals surface area contributed by atoms with Crippen LogP contribution in [0.25, 0.3) is 0 Å². The Hall–Kier alpha value is -1.46. The number of carbonyl (C=O) groups excluding carboxylic acids is 2. The minimum Gasteiger partial charge on any atom is -0.394 e. The Labute approximate surface area is 107 Å². The van der Waals surface area contributed by atoms with Crippen molar-refractivity contribution in [3.8, 4) is 0 Å². The quantitative estimate of drug-likeness (QED) is 0.358. The molecule has 2 rings (SSSR count). The molecule has 2 saturated heterocycles. The number of carbonyl (C=O) groups is 2. The summed E-state index contributed by atoms with van der Waals surface area (Å²) in [6.07, 6.45) is -6.56. The molecule has 2 heterocycles. The molecule has 10 nitrogen and oxygen atoms in total. The molecule has 2 aliphatic heterocycles. The van der Waals surface area contributed by atoms with Crippen molar-refractivity contribution in [3.05, 3.63) is 0 Å². The lowest BCUT2D eigenvalue weighted by atomic mass is 10.2. The van der Waals surface area contributed by atoms with Gasteiger partial charge >= 0.3 is 12.1 Å². The fourth-order valence-corrected chi connectivity index (χ4v) is 2.20. The van der Waals surface area contributed by atoms with Gasteiger partial charge in [-0.1, -0.05) is 0 Å². The lowest BCUT2D eigenvalue weighted by Crippen LogP contribution is -2.45. The van der Waals surface area contributed by atoms with Gasteiger partial charge in [0.1, 0.15) is 12.3 Å². The number of aliphatic hydroxyl groups is 4. The monoisotopic (exact) mass is 277 g/mol. The van der Waals surface area contributed by atoms with E-state index in [2.05, 4.69) is 0 Å². The maximum atomic E-state index is 11.9. The van der Waals surface area contributed by atoms with Gasteiger partial charge in [0.25, 0.3) is 0 Å². The van der Waals surface area contributed by atoms with Gasteiger partial charge in [-0.15, -0.1) is 0 Å². The SMILES string of the molecule is NC(=O)N1C(=O)N([C@H]2C[C@H](O)[C@@H](CO)O2)[C@@H](O)[C@H]1O. The molecule has 5 atom stereocenters. The lowest BCUT2D eigenvalue weighted by molar-refractivity contribution is -0.126. The first-order valence-electron chi connectivity index (χ1n) is 5.60. The van der Waals surface area contributed by atoms with E-state index in [1.54, 1.807) is 0 Å². The van der Waals surface area contributed by atoms with Gasteiger partial charge in [0.15, 0.2) is 12.5 Å². The molecule has 19 heavy (non-hydrogen) atoms. The third-order valence-electron chi connectivity index (χ3n) is 3.17. The number of nitrogens with two attached hydrogens (primary N) is 1. The molecule has 10 heteroatoms. The smallest absolute Gasteiger partial charge is 0.334 e. The van der Waals surface area contributed by atoms with Gasteiger partial charge in [0.05, 0.1) is 12.7 Å². The van der Waals surface area contributed by atoms with Crippen LogP contribution >= 0.6 is 0 Å². The summed E-state index contributed by atoms with van der Waals surface area (Å²) in [6.45, 7) is -0.460. The summed E-state index contributed by atoms with van der Waals surface area (Å²) in [7, 11) is 0. The standard InChI is InChI=1S/C9H15N3O7/c10-8(17)12-7(16)6(15)11(9(12)18)5-1-3(14)4(2-13)19-5/h3-7,13-16H,1-2H2,(H2,10,17)/t3-,4+,5+,6-,7+/m0/s1. The topological polar surface area (TPSA) is 157 Å². The third-order valence-corrected chi connectivity index (χ3v) is 3.17. The summed E-state index contributed by atoms with van der Waals surface area (Å²) in [5, 5.41) is 37.8. The Kier molecular flexibility index (Phi) is 3.60. The molecule has 108 valence electrons. The Morgan fingerprint density at radius 3 is 2.42 bits per heavy atom. The number of rotatable bonds is 2. The minimum absolute atomic E-state index is 0.0622. The maximum Gasteiger partial charge on any atom is 0.334 e. The molecule has 0 unspecified atom stereocenters. The number of ether oxygens (including phenoxy) is 1. The van der Waals surface area contributed by atoms with Gasteiger partial charge in [0, 0.05) is 6.42 Å². The van der Waals surface area contributed by atoms with Crippen molar-refractivity contribution >= 4 is 12.1 Å². The average molecular weight is 277 g/mol. The van der Waals surface area contributed by atoms with Gasteiger partial charge in [0.2, 0.25) is 0 Å². The Morgan fingerprint density at radius 1 is 1.37 bits per heavy atom. The van der Waals surface area contributed by atoms with E-state index in [-0.39, 0.29) is 11.3 Å². The molecule has 0 aromatic rings. The van der Waals surface area contributed by atoms with Gasteiger partial charge in [-0.25, -0.2) is 14.5 Å². The van der Waals surface area contributed by atoms with Gasteiger partial charge in [-0.05, 0) is 0 Å². The Morgan fingerprint density at radius 2 is 2.00 bits per heavy atom. The molecule has 0 aromatic heterocycles. The van der Waals surface area contributed by atoms with Crippen LogP contribution in [-0.4, -0.2) is 79.8 Å². The molecule has 0 aliphatic carbocycles. The second-order valence-corrected chi connectivity index (χ2v) is 4.34. The highest BCUT2D eigenvalue weighted by molar-refractivity contribution is 5.94. The summed E-state index contributed by atoms with van der Waals surface area (Å²) < 4.78 is 5.18. The third kappa shape index (κ3) is 2.13. The molecular formula is C9H15N3O7. The maximum absolute atomic E-state index is 11.9. The van der Waals surface area contributed by atoms with Crippen LogP contribution in [0.15, 0.2) is 0 Å².